The molecule has 0 amide bonds. The van der Waals surface area contributed by atoms with Crippen LogP contribution in [0.5, 0.6) is 5.75 Å². The van der Waals surface area contributed by atoms with Crippen molar-refractivity contribution in [1.29, 1.82) is 0 Å². The Morgan fingerprint density at radius 2 is 1.45 bits per heavy atom. The lowest BCUT2D eigenvalue weighted by molar-refractivity contribution is 0.349. The third-order valence-corrected chi connectivity index (χ3v) is 4.93. The van der Waals surface area contributed by atoms with E-state index in [0.717, 1.165) is 8.95 Å². The van der Waals surface area contributed by atoms with Gasteiger partial charge in [-0.15, -0.1) is 0 Å². The lowest BCUT2D eigenvalue weighted by Gasteiger charge is -2.01. The molecule has 0 bridgehead atoms. The Morgan fingerprint density at radius 1 is 0.909 bits per heavy atom. The van der Waals surface area contributed by atoms with E-state index >= 15 is 0 Å². The molecule has 0 aliphatic rings. The van der Waals surface area contributed by atoms with Crippen LogP contribution in [0.2, 0.25) is 0 Å². The van der Waals surface area contributed by atoms with E-state index in [1.165, 1.54) is 0 Å². The first kappa shape index (κ1) is 10.0. The Balaban J connectivity index is 3.46. The van der Waals surface area contributed by atoms with Gasteiger partial charge in [-0.05, 0) is 69.8 Å². The van der Waals surface area contributed by atoms with Gasteiger partial charge in [-0.25, -0.2) is 0 Å². The van der Waals surface area contributed by atoms with Crippen LogP contribution in [0.3, 0.4) is 0 Å². The van der Waals surface area contributed by atoms with Gasteiger partial charge < -0.3 is 0 Å². The fourth-order valence-corrected chi connectivity index (χ4v) is 2.96. The van der Waals surface area contributed by atoms with Gasteiger partial charge >= 0.3 is 0 Å². The minimum absolute atomic E-state index is 0.0555. The second kappa shape index (κ2) is 3.77. The molecule has 0 aliphatic carbocycles. The highest BCUT2D eigenvalue weighted by Gasteiger charge is 2.12. The molecule has 0 saturated heterocycles. The van der Waals surface area contributed by atoms with Crippen LogP contribution in [-0.4, -0.2) is 0 Å². The van der Waals surface area contributed by atoms with Crippen molar-refractivity contribution in [3.63, 3.8) is 0 Å². The molecule has 0 aliphatic heterocycles. The molecule has 0 atom stereocenters. The molecule has 0 heterocycles. The first-order chi connectivity index (χ1) is 5.04. The van der Waals surface area contributed by atoms with Gasteiger partial charge in [-0.1, -0.05) is 0 Å². The molecule has 0 unspecified atom stereocenters. The second-order valence-electron chi connectivity index (χ2n) is 1.80. The highest BCUT2D eigenvalue weighted by Crippen LogP contribution is 2.42. The van der Waals surface area contributed by atoms with Gasteiger partial charge in [-0.2, -0.15) is 0 Å². The Bertz CT molecular complexity index is 271. The molecule has 1 nitrogen and oxygen atoms in total. The smallest absolute Gasteiger partial charge is 0.208 e. The minimum atomic E-state index is -0.0555. The number of halogens is 4. The maximum atomic E-state index is 11.2. The molecule has 11 heavy (non-hydrogen) atoms. The third-order valence-electron chi connectivity index (χ3n) is 1.07. The van der Waals surface area contributed by atoms with E-state index in [1.54, 1.807) is 6.07 Å². The van der Waals surface area contributed by atoms with Gasteiger partial charge in [0.15, 0.2) is 0 Å². The van der Waals surface area contributed by atoms with Crippen molar-refractivity contribution in [3.05, 3.63) is 24.0 Å². The maximum absolute atomic E-state index is 11.2. The quantitative estimate of drug-likeness (QED) is 0.431. The van der Waals surface area contributed by atoms with E-state index in [2.05, 4.69) is 63.7 Å². The normalized spacial score (nSPS) is 10.2. The molecule has 0 aromatic heterocycles. The zero-order chi connectivity index (χ0) is 8.59. The van der Waals surface area contributed by atoms with Crippen molar-refractivity contribution < 1.29 is 5.11 Å². The van der Waals surface area contributed by atoms with Crippen molar-refractivity contribution >= 4 is 63.7 Å². The first-order valence-corrected chi connectivity index (χ1v) is 5.71. The number of hydrogen-bond donors (Lipinski definition) is 0. The van der Waals surface area contributed by atoms with E-state index in [1.807, 2.05) is 0 Å². The Hall–Kier alpha value is 0.940. The molecule has 1 rings (SSSR count). The monoisotopic (exact) mass is 405 g/mol. The summed E-state index contributed by atoms with van der Waals surface area (Å²) in [6, 6.07) is 1.71. The summed E-state index contributed by atoms with van der Waals surface area (Å²) in [4.78, 5) is 0. The van der Waals surface area contributed by atoms with Crippen LogP contribution in [0.1, 0.15) is 0 Å². The van der Waals surface area contributed by atoms with Crippen molar-refractivity contribution in [2.45, 2.75) is 0 Å². The lowest BCUT2D eigenvalue weighted by atomic mass is 10.3. The van der Waals surface area contributed by atoms with E-state index in [4.69, 9.17) is 0 Å². The largest absolute Gasteiger partial charge is 0.287 e. The molecular formula is C6HBr4O. The molecule has 59 valence electrons. The zero-order valence-electron chi connectivity index (χ0n) is 5.00. The molecule has 1 aromatic rings. The predicted octanol–water partition coefficient (Wildman–Crippen LogP) is 4.88. The van der Waals surface area contributed by atoms with E-state index in [0.29, 0.717) is 8.95 Å². The van der Waals surface area contributed by atoms with Gasteiger partial charge in [0.1, 0.15) is 0 Å². The SMILES string of the molecule is [O]c1c(Br)cc(Br)c(Br)c1Br. The highest BCUT2D eigenvalue weighted by molar-refractivity contribution is 9.14. The summed E-state index contributed by atoms with van der Waals surface area (Å²) in [6.45, 7) is 0. The Kier molecular flexibility index (Phi) is 3.43. The van der Waals surface area contributed by atoms with Crippen molar-refractivity contribution in [3.8, 4) is 5.75 Å². The molecular weight excluding hydrogens is 408 g/mol. The summed E-state index contributed by atoms with van der Waals surface area (Å²) in [5, 5.41) is 11.2. The van der Waals surface area contributed by atoms with Crippen LogP contribution in [0.25, 0.3) is 0 Å². The number of rotatable bonds is 0. The van der Waals surface area contributed by atoms with Crippen LogP contribution >= 0.6 is 63.7 Å². The van der Waals surface area contributed by atoms with Crippen LogP contribution in [0.15, 0.2) is 24.0 Å². The molecule has 0 spiro atoms. The first-order valence-electron chi connectivity index (χ1n) is 2.54. The predicted molar refractivity (Wildman–Crippen MR) is 57.4 cm³/mol. The third kappa shape index (κ3) is 1.99. The van der Waals surface area contributed by atoms with Crippen LogP contribution in [0, 0.1) is 0 Å². The average molecular weight is 409 g/mol. The van der Waals surface area contributed by atoms with Gasteiger partial charge in [0.25, 0.3) is 0 Å². The minimum Gasteiger partial charge on any atom is -0.287 e. The standard InChI is InChI=1S/C6HBr4O/c7-2-1-3(8)6(11)5(10)4(2)9/h1H. The topological polar surface area (TPSA) is 19.9 Å². The van der Waals surface area contributed by atoms with Gasteiger partial charge in [0.05, 0.1) is 8.95 Å². The zero-order valence-corrected chi connectivity index (χ0v) is 11.3. The van der Waals surface area contributed by atoms with Gasteiger partial charge in [0, 0.05) is 8.95 Å². The van der Waals surface area contributed by atoms with Crippen LogP contribution in [-0.2, 0) is 5.11 Å². The summed E-state index contributed by atoms with van der Waals surface area (Å²) in [7, 11) is 0. The Morgan fingerprint density at radius 3 is 2.00 bits per heavy atom. The molecule has 1 aromatic carbocycles. The molecule has 5 heteroatoms. The molecule has 0 saturated carbocycles. The van der Waals surface area contributed by atoms with Crippen molar-refractivity contribution in [2.75, 3.05) is 0 Å². The van der Waals surface area contributed by atoms with Crippen LogP contribution < -0.4 is 0 Å². The summed E-state index contributed by atoms with van der Waals surface area (Å²) in [6.07, 6.45) is 0. The summed E-state index contributed by atoms with van der Waals surface area (Å²) < 4.78 is 2.65. The average Bonchev–Trinajstić information content (AvgIpc) is 1.97. The van der Waals surface area contributed by atoms with Gasteiger partial charge in [0.2, 0.25) is 5.75 Å². The van der Waals surface area contributed by atoms with Crippen LogP contribution in [0.4, 0.5) is 0 Å². The van der Waals surface area contributed by atoms with E-state index in [9.17, 15) is 5.11 Å². The number of hydrogen-bond acceptors (Lipinski definition) is 0. The summed E-state index contributed by atoms with van der Waals surface area (Å²) >= 11 is 12.8. The summed E-state index contributed by atoms with van der Waals surface area (Å²) in [5.74, 6) is -0.0555. The molecule has 0 fully saturated rings. The van der Waals surface area contributed by atoms with Crippen molar-refractivity contribution in [1.82, 2.24) is 0 Å². The lowest BCUT2D eigenvalue weighted by Crippen LogP contribution is -1.75. The molecule has 0 N–H and O–H groups in total. The van der Waals surface area contributed by atoms with E-state index in [-0.39, 0.29) is 5.75 Å². The number of benzene rings is 1. The highest BCUT2D eigenvalue weighted by atomic mass is 79.9. The fourth-order valence-electron chi connectivity index (χ4n) is 0.550. The van der Waals surface area contributed by atoms with Gasteiger partial charge in [-0.3, -0.25) is 5.11 Å². The fraction of sp³-hybridized carbons (Fsp3) is 0. The molecule has 1 radical (unpaired) electrons. The van der Waals surface area contributed by atoms with E-state index < -0.39 is 0 Å². The van der Waals surface area contributed by atoms with Crippen molar-refractivity contribution in [2.24, 2.45) is 0 Å². The Labute approximate surface area is 97.7 Å². The summed E-state index contributed by atoms with van der Waals surface area (Å²) in [5.41, 5.74) is 0. The maximum Gasteiger partial charge on any atom is 0.208 e. The second-order valence-corrected chi connectivity index (χ2v) is 5.09.